The Morgan fingerprint density at radius 2 is 1.71 bits per heavy atom. The van der Waals surface area contributed by atoms with Gasteiger partial charge in [0.2, 0.25) is 0 Å². The summed E-state index contributed by atoms with van der Waals surface area (Å²) in [4.78, 5) is 8.03. The van der Waals surface area contributed by atoms with Gasteiger partial charge in [-0.1, -0.05) is 54.6 Å². The van der Waals surface area contributed by atoms with Gasteiger partial charge in [0, 0.05) is 5.56 Å². The van der Waals surface area contributed by atoms with E-state index in [1.165, 1.54) is 0 Å². The molecule has 0 aliphatic carbocycles. The molecule has 118 valence electrons. The van der Waals surface area contributed by atoms with Crippen molar-refractivity contribution in [2.75, 3.05) is 0 Å². The van der Waals surface area contributed by atoms with Gasteiger partial charge in [-0.2, -0.15) is 0 Å². The fraction of sp³-hybridized carbons (Fsp3) is 0.0952. The summed E-state index contributed by atoms with van der Waals surface area (Å²) in [5.41, 5.74) is 5.32. The van der Waals surface area contributed by atoms with Crippen LogP contribution in [0.2, 0.25) is 0 Å². The van der Waals surface area contributed by atoms with Gasteiger partial charge in [-0.3, -0.25) is 0 Å². The third-order valence-electron chi connectivity index (χ3n) is 4.09. The maximum absolute atomic E-state index is 6.02. The van der Waals surface area contributed by atoms with Gasteiger partial charge >= 0.3 is 0 Å². The number of ether oxygens (including phenoxy) is 1. The molecule has 0 fully saturated rings. The van der Waals surface area contributed by atoms with Crippen LogP contribution in [-0.4, -0.2) is 9.97 Å². The quantitative estimate of drug-likeness (QED) is 0.568. The number of rotatable bonds is 4. The molecule has 4 rings (SSSR count). The summed E-state index contributed by atoms with van der Waals surface area (Å²) in [5, 5.41) is 0. The van der Waals surface area contributed by atoms with E-state index in [-0.39, 0.29) is 0 Å². The average Bonchev–Trinajstić information content (AvgIpc) is 3.06. The van der Waals surface area contributed by atoms with Crippen molar-refractivity contribution in [1.29, 1.82) is 0 Å². The van der Waals surface area contributed by atoms with Gasteiger partial charge in [0.15, 0.2) is 0 Å². The van der Waals surface area contributed by atoms with Gasteiger partial charge in [0.25, 0.3) is 0 Å². The van der Waals surface area contributed by atoms with Crippen LogP contribution in [0.25, 0.3) is 22.4 Å². The Bertz CT molecular complexity index is 940. The lowest BCUT2D eigenvalue weighted by Crippen LogP contribution is -1.97. The second kappa shape index (κ2) is 6.20. The number of benzene rings is 3. The van der Waals surface area contributed by atoms with E-state index in [1.807, 2.05) is 42.5 Å². The number of hydrogen-bond acceptors (Lipinski definition) is 2. The molecule has 3 heteroatoms. The third kappa shape index (κ3) is 2.88. The summed E-state index contributed by atoms with van der Waals surface area (Å²) in [7, 11) is 0. The minimum Gasteiger partial charge on any atom is -0.489 e. The highest BCUT2D eigenvalue weighted by Gasteiger charge is 2.08. The van der Waals surface area contributed by atoms with Crippen molar-refractivity contribution < 1.29 is 4.74 Å². The monoisotopic (exact) mass is 314 g/mol. The molecule has 24 heavy (non-hydrogen) atoms. The van der Waals surface area contributed by atoms with Gasteiger partial charge in [-0.05, 0) is 36.2 Å². The van der Waals surface area contributed by atoms with E-state index in [0.29, 0.717) is 6.61 Å². The largest absolute Gasteiger partial charge is 0.489 e. The van der Waals surface area contributed by atoms with Crippen molar-refractivity contribution in [2.24, 2.45) is 0 Å². The van der Waals surface area contributed by atoms with Gasteiger partial charge < -0.3 is 9.72 Å². The highest BCUT2D eigenvalue weighted by Crippen LogP contribution is 2.27. The molecule has 3 aromatic carbocycles. The van der Waals surface area contributed by atoms with Crippen molar-refractivity contribution in [2.45, 2.75) is 13.5 Å². The summed E-state index contributed by atoms with van der Waals surface area (Å²) in [6.45, 7) is 2.62. The number of H-pyrrole nitrogens is 1. The van der Waals surface area contributed by atoms with Crippen LogP contribution in [0.5, 0.6) is 5.75 Å². The Hall–Kier alpha value is -3.07. The van der Waals surface area contributed by atoms with E-state index in [2.05, 4.69) is 47.2 Å². The number of nitrogens with zero attached hydrogens (tertiary/aromatic N) is 1. The molecule has 0 spiro atoms. The Morgan fingerprint density at radius 3 is 2.54 bits per heavy atom. The molecule has 0 amide bonds. The van der Waals surface area contributed by atoms with E-state index >= 15 is 0 Å². The molecule has 1 N–H and O–H groups in total. The molecule has 0 radical (unpaired) electrons. The SMILES string of the molecule is Cc1ccc(-c2nc3ccccc3[nH]2)cc1OCc1ccccc1. The van der Waals surface area contributed by atoms with E-state index in [0.717, 1.165) is 39.3 Å². The Labute approximate surface area is 140 Å². The molecule has 0 saturated carbocycles. The third-order valence-corrected chi connectivity index (χ3v) is 4.09. The Kier molecular flexibility index (Phi) is 3.75. The Morgan fingerprint density at radius 1 is 0.917 bits per heavy atom. The lowest BCUT2D eigenvalue weighted by Gasteiger charge is -2.10. The number of imidazole rings is 1. The lowest BCUT2D eigenvalue weighted by atomic mass is 10.1. The first kappa shape index (κ1) is 14.5. The zero-order valence-electron chi connectivity index (χ0n) is 13.5. The van der Waals surface area contributed by atoms with Crippen molar-refractivity contribution in [3.05, 3.63) is 83.9 Å². The normalized spacial score (nSPS) is 10.9. The fourth-order valence-electron chi connectivity index (χ4n) is 2.73. The van der Waals surface area contributed by atoms with E-state index in [9.17, 15) is 0 Å². The van der Waals surface area contributed by atoms with Gasteiger partial charge in [0.1, 0.15) is 18.2 Å². The number of aromatic amines is 1. The second-order valence-corrected chi connectivity index (χ2v) is 5.86. The van der Waals surface area contributed by atoms with Crippen LogP contribution in [0.4, 0.5) is 0 Å². The fourth-order valence-corrected chi connectivity index (χ4v) is 2.73. The molecule has 1 heterocycles. The number of aromatic nitrogens is 2. The summed E-state index contributed by atoms with van der Waals surface area (Å²) >= 11 is 0. The van der Waals surface area contributed by atoms with Crippen LogP contribution in [0.3, 0.4) is 0 Å². The van der Waals surface area contributed by atoms with E-state index in [1.54, 1.807) is 0 Å². The maximum Gasteiger partial charge on any atom is 0.138 e. The van der Waals surface area contributed by atoms with Gasteiger partial charge in [-0.25, -0.2) is 4.98 Å². The molecule has 1 aromatic heterocycles. The number of aryl methyl sites for hydroxylation is 1. The van der Waals surface area contributed by atoms with Crippen LogP contribution in [0.1, 0.15) is 11.1 Å². The predicted octanol–water partition coefficient (Wildman–Crippen LogP) is 5.12. The number of fused-ring (bicyclic) bond motifs is 1. The smallest absolute Gasteiger partial charge is 0.138 e. The molecular formula is C21H18N2O. The van der Waals surface area contributed by atoms with Gasteiger partial charge in [-0.15, -0.1) is 0 Å². The van der Waals surface area contributed by atoms with Crippen molar-refractivity contribution in [1.82, 2.24) is 9.97 Å². The van der Waals surface area contributed by atoms with E-state index < -0.39 is 0 Å². The van der Waals surface area contributed by atoms with Crippen LogP contribution >= 0.6 is 0 Å². The lowest BCUT2D eigenvalue weighted by molar-refractivity contribution is 0.304. The van der Waals surface area contributed by atoms with Crippen molar-refractivity contribution >= 4 is 11.0 Å². The van der Waals surface area contributed by atoms with Crippen LogP contribution in [0.15, 0.2) is 72.8 Å². The summed E-state index contributed by atoms with van der Waals surface area (Å²) < 4.78 is 6.02. The molecule has 3 nitrogen and oxygen atoms in total. The molecule has 0 aliphatic rings. The molecule has 0 aliphatic heterocycles. The highest BCUT2D eigenvalue weighted by molar-refractivity contribution is 5.79. The summed E-state index contributed by atoms with van der Waals surface area (Å²) in [5.74, 6) is 1.75. The number of hydrogen-bond donors (Lipinski definition) is 1. The molecular weight excluding hydrogens is 296 g/mol. The topological polar surface area (TPSA) is 37.9 Å². The Balaban J connectivity index is 1.63. The first-order valence-electron chi connectivity index (χ1n) is 8.02. The molecule has 0 unspecified atom stereocenters. The van der Waals surface area contributed by atoms with Crippen LogP contribution < -0.4 is 4.74 Å². The average molecular weight is 314 g/mol. The first-order valence-corrected chi connectivity index (χ1v) is 8.02. The maximum atomic E-state index is 6.02. The molecule has 4 aromatic rings. The minimum atomic E-state index is 0.561. The van der Waals surface area contributed by atoms with Crippen LogP contribution in [0, 0.1) is 6.92 Å². The number of nitrogens with one attached hydrogen (secondary N) is 1. The zero-order chi connectivity index (χ0) is 16.4. The number of para-hydroxylation sites is 2. The standard InChI is InChI=1S/C21H18N2O/c1-15-11-12-17(21-22-18-9-5-6-10-19(18)23-21)13-20(15)24-14-16-7-3-2-4-8-16/h2-13H,14H2,1H3,(H,22,23). The zero-order valence-corrected chi connectivity index (χ0v) is 13.5. The molecule has 0 saturated heterocycles. The molecule has 0 atom stereocenters. The molecule has 0 bridgehead atoms. The highest BCUT2D eigenvalue weighted by atomic mass is 16.5. The first-order chi connectivity index (χ1) is 11.8. The van der Waals surface area contributed by atoms with Crippen molar-refractivity contribution in [3.63, 3.8) is 0 Å². The summed E-state index contributed by atoms with van der Waals surface area (Å²) in [6.07, 6.45) is 0. The van der Waals surface area contributed by atoms with E-state index in [4.69, 9.17) is 4.74 Å². The minimum absolute atomic E-state index is 0.561. The summed E-state index contributed by atoms with van der Waals surface area (Å²) in [6, 6.07) is 24.4. The van der Waals surface area contributed by atoms with Crippen LogP contribution in [-0.2, 0) is 6.61 Å². The predicted molar refractivity (Wildman–Crippen MR) is 97.0 cm³/mol. The van der Waals surface area contributed by atoms with Gasteiger partial charge in [0.05, 0.1) is 11.0 Å². The second-order valence-electron chi connectivity index (χ2n) is 5.86. The van der Waals surface area contributed by atoms with Crippen molar-refractivity contribution in [3.8, 4) is 17.1 Å².